The molecular formula is C14H28N2O3S. The van der Waals surface area contributed by atoms with Gasteiger partial charge in [-0.05, 0) is 33.6 Å². The molecule has 2 unspecified atom stereocenters. The first kappa shape index (κ1) is 16.2. The monoisotopic (exact) mass is 304 g/mol. The maximum atomic E-state index is 11.4. The maximum Gasteiger partial charge on any atom is 0.152 e. The summed E-state index contributed by atoms with van der Waals surface area (Å²) in [6, 6.07) is 0. The van der Waals surface area contributed by atoms with Crippen molar-refractivity contribution < 1.29 is 13.2 Å². The molecule has 2 aliphatic heterocycles. The lowest BCUT2D eigenvalue weighted by atomic mass is 10.1. The SMILES string of the molecule is CC(C)(C)NCC1CCC(CN2CCS(=O)(=O)CC2)O1. The van der Waals surface area contributed by atoms with Crippen LogP contribution in [0, 0.1) is 0 Å². The molecule has 2 atom stereocenters. The van der Waals surface area contributed by atoms with Gasteiger partial charge in [0.15, 0.2) is 9.84 Å². The first-order valence-corrected chi connectivity index (χ1v) is 9.39. The molecule has 2 saturated heterocycles. The Morgan fingerprint density at radius 3 is 2.35 bits per heavy atom. The van der Waals surface area contributed by atoms with Crippen LogP contribution in [0.3, 0.4) is 0 Å². The molecule has 2 fully saturated rings. The second-order valence-corrected chi connectivity index (χ2v) is 9.34. The van der Waals surface area contributed by atoms with E-state index in [1.807, 2.05) is 0 Å². The molecule has 0 aromatic rings. The Balaban J connectivity index is 1.69. The van der Waals surface area contributed by atoms with Crippen LogP contribution in [0.4, 0.5) is 0 Å². The Kier molecular flexibility index (Phi) is 5.10. The molecule has 0 aromatic heterocycles. The Bertz CT molecular complexity index is 403. The van der Waals surface area contributed by atoms with Crippen molar-refractivity contribution >= 4 is 9.84 Å². The van der Waals surface area contributed by atoms with Gasteiger partial charge in [-0.15, -0.1) is 0 Å². The van der Waals surface area contributed by atoms with E-state index in [4.69, 9.17) is 4.74 Å². The molecule has 0 aliphatic carbocycles. The van der Waals surface area contributed by atoms with Gasteiger partial charge >= 0.3 is 0 Å². The highest BCUT2D eigenvalue weighted by molar-refractivity contribution is 7.91. The smallest absolute Gasteiger partial charge is 0.152 e. The molecule has 0 saturated carbocycles. The minimum absolute atomic E-state index is 0.128. The van der Waals surface area contributed by atoms with Gasteiger partial charge in [0, 0.05) is 31.7 Å². The van der Waals surface area contributed by atoms with E-state index < -0.39 is 9.84 Å². The highest BCUT2D eigenvalue weighted by Crippen LogP contribution is 2.21. The van der Waals surface area contributed by atoms with E-state index in [1.54, 1.807) is 0 Å². The van der Waals surface area contributed by atoms with Crippen molar-refractivity contribution in [3.05, 3.63) is 0 Å². The Hall–Kier alpha value is -0.170. The average molecular weight is 304 g/mol. The van der Waals surface area contributed by atoms with Crippen LogP contribution in [0.2, 0.25) is 0 Å². The summed E-state index contributed by atoms with van der Waals surface area (Å²) >= 11 is 0. The largest absolute Gasteiger partial charge is 0.372 e. The van der Waals surface area contributed by atoms with Crippen LogP contribution in [-0.2, 0) is 14.6 Å². The molecule has 0 amide bonds. The van der Waals surface area contributed by atoms with Gasteiger partial charge in [0.2, 0.25) is 0 Å². The number of hydrogen-bond donors (Lipinski definition) is 1. The van der Waals surface area contributed by atoms with Gasteiger partial charge in [-0.3, -0.25) is 4.90 Å². The van der Waals surface area contributed by atoms with Crippen molar-refractivity contribution in [3.8, 4) is 0 Å². The third-order valence-corrected chi connectivity index (χ3v) is 5.56. The molecule has 118 valence electrons. The summed E-state index contributed by atoms with van der Waals surface area (Å²) in [5.74, 6) is 0.601. The van der Waals surface area contributed by atoms with E-state index in [1.165, 1.54) is 0 Å². The van der Waals surface area contributed by atoms with E-state index in [-0.39, 0.29) is 11.6 Å². The summed E-state index contributed by atoms with van der Waals surface area (Å²) in [7, 11) is -2.78. The van der Waals surface area contributed by atoms with E-state index in [2.05, 4.69) is 31.0 Å². The van der Waals surface area contributed by atoms with Crippen LogP contribution in [0.15, 0.2) is 0 Å². The number of nitrogens with one attached hydrogen (secondary N) is 1. The molecule has 5 nitrogen and oxygen atoms in total. The van der Waals surface area contributed by atoms with Gasteiger partial charge in [-0.2, -0.15) is 0 Å². The fourth-order valence-corrected chi connectivity index (χ4v) is 3.98. The van der Waals surface area contributed by atoms with Crippen LogP contribution in [0.5, 0.6) is 0 Å². The van der Waals surface area contributed by atoms with Gasteiger partial charge in [0.05, 0.1) is 23.7 Å². The molecule has 0 spiro atoms. The zero-order chi connectivity index (χ0) is 14.8. The van der Waals surface area contributed by atoms with E-state index >= 15 is 0 Å². The lowest BCUT2D eigenvalue weighted by Crippen LogP contribution is -2.44. The summed E-state index contributed by atoms with van der Waals surface area (Å²) < 4.78 is 28.9. The van der Waals surface area contributed by atoms with Crippen molar-refractivity contribution in [1.29, 1.82) is 0 Å². The standard InChI is InChI=1S/C14H28N2O3S/c1-14(2,3)15-10-12-4-5-13(19-12)11-16-6-8-20(17,18)9-7-16/h12-13,15H,4-11H2,1-3H3. The molecule has 0 bridgehead atoms. The minimum Gasteiger partial charge on any atom is -0.372 e. The second kappa shape index (κ2) is 6.30. The van der Waals surface area contributed by atoms with E-state index in [0.717, 1.165) is 25.9 Å². The third kappa shape index (κ3) is 5.31. The fourth-order valence-electron chi connectivity index (χ4n) is 2.71. The number of rotatable bonds is 4. The zero-order valence-corrected chi connectivity index (χ0v) is 13.7. The second-order valence-electron chi connectivity index (χ2n) is 7.04. The molecule has 2 heterocycles. The average Bonchev–Trinajstić information content (AvgIpc) is 2.76. The quantitative estimate of drug-likeness (QED) is 0.826. The van der Waals surface area contributed by atoms with Crippen LogP contribution < -0.4 is 5.32 Å². The predicted octanol–water partition coefficient (Wildman–Crippen LogP) is 0.653. The predicted molar refractivity (Wildman–Crippen MR) is 80.7 cm³/mol. The van der Waals surface area contributed by atoms with Crippen LogP contribution in [-0.4, -0.2) is 68.7 Å². The Morgan fingerprint density at radius 1 is 1.15 bits per heavy atom. The molecule has 0 radical (unpaired) electrons. The minimum atomic E-state index is -2.78. The van der Waals surface area contributed by atoms with Crippen LogP contribution in [0.25, 0.3) is 0 Å². The molecule has 2 aliphatic rings. The topological polar surface area (TPSA) is 58.6 Å². The van der Waals surface area contributed by atoms with Crippen molar-refractivity contribution in [2.75, 3.05) is 37.7 Å². The maximum absolute atomic E-state index is 11.4. The molecule has 2 rings (SSSR count). The van der Waals surface area contributed by atoms with Crippen molar-refractivity contribution in [2.24, 2.45) is 0 Å². The molecule has 1 N–H and O–H groups in total. The summed E-state index contributed by atoms with van der Waals surface area (Å²) in [5.41, 5.74) is 0.128. The Morgan fingerprint density at radius 2 is 1.75 bits per heavy atom. The van der Waals surface area contributed by atoms with Crippen LogP contribution in [0.1, 0.15) is 33.6 Å². The number of nitrogens with zero attached hydrogens (tertiary/aromatic N) is 1. The van der Waals surface area contributed by atoms with E-state index in [0.29, 0.717) is 30.7 Å². The normalized spacial score (nSPS) is 31.6. The van der Waals surface area contributed by atoms with Crippen molar-refractivity contribution in [2.45, 2.75) is 51.4 Å². The zero-order valence-electron chi connectivity index (χ0n) is 12.9. The molecule has 0 aromatic carbocycles. The summed E-state index contributed by atoms with van der Waals surface area (Å²) in [6.45, 7) is 9.57. The number of sulfone groups is 1. The summed E-state index contributed by atoms with van der Waals surface area (Å²) in [4.78, 5) is 2.23. The first-order chi connectivity index (χ1) is 9.23. The Labute approximate surface area is 123 Å². The highest BCUT2D eigenvalue weighted by atomic mass is 32.2. The van der Waals surface area contributed by atoms with Gasteiger partial charge in [-0.25, -0.2) is 8.42 Å². The van der Waals surface area contributed by atoms with Crippen molar-refractivity contribution in [3.63, 3.8) is 0 Å². The van der Waals surface area contributed by atoms with Gasteiger partial charge in [0.1, 0.15) is 0 Å². The van der Waals surface area contributed by atoms with Crippen molar-refractivity contribution in [1.82, 2.24) is 10.2 Å². The number of ether oxygens (including phenoxy) is 1. The first-order valence-electron chi connectivity index (χ1n) is 7.57. The van der Waals surface area contributed by atoms with Gasteiger partial charge in [-0.1, -0.05) is 0 Å². The third-order valence-electron chi connectivity index (χ3n) is 3.95. The molecular weight excluding hydrogens is 276 g/mol. The van der Waals surface area contributed by atoms with Gasteiger partial charge < -0.3 is 10.1 Å². The van der Waals surface area contributed by atoms with E-state index in [9.17, 15) is 8.42 Å². The lowest BCUT2D eigenvalue weighted by molar-refractivity contribution is 0.0223. The fraction of sp³-hybridized carbons (Fsp3) is 1.00. The number of hydrogen-bond acceptors (Lipinski definition) is 5. The molecule has 20 heavy (non-hydrogen) atoms. The summed E-state index contributed by atoms with van der Waals surface area (Å²) in [5, 5.41) is 3.48. The molecule has 6 heteroatoms. The van der Waals surface area contributed by atoms with Crippen LogP contribution >= 0.6 is 0 Å². The van der Waals surface area contributed by atoms with Gasteiger partial charge in [0.25, 0.3) is 0 Å². The lowest BCUT2D eigenvalue weighted by Gasteiger charge is -2.29. The highest BCUT2D eigenvalue weighted by Gasteiger charge is 2.29. The summed E-state index contributed by atoms with van der Waals surface area (Å²) in [6.07, 6.45) is 2.75.